The predicted octanol–water partition coefficient (Wildman–Crippen LogP) is 2.67. The summed E-state index contributed by atoms with van der Waals surface area (Å²) < 4.78 is 0. The minimum Gasteiger partial charge on any atom is -0.303 e. The zero-order valence-electron chi connectivity index (χ0n) is 9.00. The average Bonchev–Trinajstić information content (AvgIpc) is 2.03. The Kier molecular flexibility index (Phi) is 5.18. The van der Waals surface area contributed by atoms with E-state index in [0.29, 0.717) is 0 Å². The molecule has 2 atom stereocenters. The first-order valence-electron chi connectivity index (χ1n) is 5.55. The number of likely N-dealkylation sites (tertiary alicyclic amines) is 1. The summed E-state index contributed by atoms with van der Waals surface area (Å²) in [7, 11) is 0. The van der Waals surface area contributed by atoms with Crippen molar-refractivity contribution in [2.75, 3.05) is 25.4 Å². The van der Waals surface area contributed by atoms with Gasteiger partial charge in [0, 0.05) is 13.1 Å². The lowest BCUT2D eigenvalue weighted by Gasteiger charge is -2.34. The third-order valence-electron chi connectivity index (χ3n) is 2.83. The summed E-state index contributed by atoms with van der Waals surface area (Å²) in [4.78, 5) is 2.63. The summed E-state index contributed by atoms with van der Waals surface area (Å²) >= 11 is 4.24. The zero-order valence-corrected chi connectivity index (χ0v) is 9.89. The molecule has 2 unspecified atom stereocenters. The van der Waals surface area contributed by atoms with Gasteiger partial charge < -0.3 is 4.90 Å². The van der Waals surface area contributed by atoms with E-state index in [0.717, 1.165) is 17.6 Å². The second kappa shape index (κ2) is 5.92. The molecule has 0 saturated carbocycles. The first kappa shape index (κ1) is 11.4. The Hall–Kier alpha value is 0.310. The summed E-state index contributed by atoms with van der Waals surface area (Å²) in [6.45, 7) is 8.67. The van der Waals surface area contributed by atoms with Gasteiger partial charge in [-0.25, -0.2) is 0 Å². The van der Waals surface area contributed by atoms with Crippen molar-refractivity contribution >= 4 is 12.6 Å². The number of nitrogens with zero attached hydrogens (tertiary/aromatic N) is 1. The van der Waals surface area contributed by atoms with Crippen LogP contribution in [0.25, 0.3) is 0 Å². The molecule has 0 N–H and O–H groups in total. The normalized spacial score (nSPS) is 30.7. The molecule has 78 valence electrons. The van der Waals surface area contributed by atoms with Crippen LogP contribution in [-0.2, 0) is 0 Å². The first-order valence-corrected chi connectivity index (χ1v) is 6.19. The minimum atomic E-state index is 0.903. The van der Waals surface area contributed by atoms with Gasteiger partial charge in [-0.1, -0.05) is 13.8 Å². The van der Waals surface area contributed by atoms with E-state index in [1.807, 2.05) is 0 Å². The van der Waals surface area contributed by atoms with Gasteiger partial charge in [0.15, 0.2) is 0 Å². The quantitative estimate of drug-likeness (QED) is 0.540. The van der Waals surface area contributed by atoms with Crippen molar-refractivity contribution in [1.82, 2.24) is 4.90 Å². The maximum Gasteiger partial charge on any atom is 0.000724 e. The molecule has 0 aliphatic carbocycles. The number of thiol groups is 1. The van der Waals surface area contributed by atoms with E-state index < -0.39 is 0 Å². The molecule has 0 aromatic heterocycles. The molecule has 0 radical (unpaired) electrons. The topological polar surface area (TPSA) is 3.24 Å². The number of unbranched alkanes of at least 4 members (excludes halogenated alkanes) is 1. The fourth-order valence-corrected chi connectivity index (χ4v) is 2.65. The highest BCUT2D eigenvalue weighted by Gasteiger charge is 2.20. The predicted molar refractivity (Wildman–Crippen MR) is 62.5 cm³/mol. The molecule has 0 amide bonds. The molecule has 1 aliphatic rings. The SMILES string of the molecule is CC1CC(C)CN(CCCCS)C1. The molecule has 0 bridgehead atoms. The van der Waals surface area contributed by atoms with E-state index in [-0.39, 0.29) is 0 Å². The van der Waals surface area contributed by atoms with E-state index in [9.17, 15) is 0 Å². The Labute approximate surface area is 88.3 Å². The highest BCUT2D eigenvalue weighted by Crippen LogP contribution is 2.20. The van der Waals surface area contributed by atoms with Crippen LogP contribution in [0.5, 0.6) is 0 Å². The summed E-state index contributed by atoms with van der Waals surface area (Å²) in [6, 6.07) is 0. The van der Waals surface area contributed by atoms with Gasteiger partial charge in [-0.15, -0.1) is 0 Å². The number of hydrogen-bond donors (Lipinski definition) is 1. The molecule has 1 rings (SSSR count). The second-order valence-corrected chi connectivity index (χ2v) is 5.08. The van der Waals surface area contributed by atoms with Crippen molar-refractivity contribution in [2.45, 2.75) is 33.1 Å². The van der Waals surface area contributed by atoms with Crippen LogP contribution in [0.15, 0.2) is 0 Å². The molecule has 1 fully saturated rings. The molecule has 0 spiro atoms. The Morgan fingerprint density at radius 1 is 1.15 bits per heavy atom. The van der Waals surface area contributed by atoms with Crippen molar-refractivity contribution in [2.24, 2.45) is 11.8 Å². The van der Waals surface area contributed by atoms with Gasteiger partial charge in [0.2, 0.25) is 0 Å². The Balaban J connectivity index is 2.17. The molecule has 13 heavy (non-hydrogen) atoms. The summed E-state index contributed by atoms with van der Waals surface area (Å²) in [5.74, 6) is 2.85. The summed E-state index contributed by atoms with van der Waals surface area (Å²) in [5.41, 5.74) is 0. The summed E-state index contributed by atoms with van der Waals surface area (Å²) in [6.07, 6.45) is 4.01. The van der Waals surface area contributed by atoms with Gasteiger partial charge in [-0.2, -0.15) is 12.6 Å². The summed E-state index contributed by atoms with van der Waals surface area (Å²) in [5, 5.41) is 0. The van der Waals surface area contributed by atoms with E-state index >= 15 is 0 Å². The van der Waals surface area contributed by atoms with Gasteiger partial charge in [0.1, 0.15) is 0 Å². The fraction of sp³-hybridized carbons (Fsp3) is 1.00. The molecule has 0 aromatic rings. The Morgan fingerprint density at radius 3 is 2.31 bits per heavy atom. The molecule has 1 heterocycles. The van der Waals surface area contributed by atoms with Crippen LogP contribution < -0.4 is 0 Å². The zero-order chi connectivity index (χ0) is 9.68. The van der Waals surface area contributed by atoms with Crippen molar-refractivity contribution in [3.8, 4) is 0 Å². The minimum absolute atomic E-state index is 0.903. The largest absolute Gasteiger partial charge is 0.303 e. The first-order chi connectivity index (χ1) is 6.22. The molecule has 0 aromatic carbocycles. The van der Waals surface area contributed by atoms with Crippen molar-refractivity contribution < 1.29 is 0 Å². The van der Waals surface area contributed by atoms with Crippen LogP contribution in [0, 0.1) is 11.8 Å². The van der Waals surface area contributed by atoms with E-state index in [1.54, 1.807) is 0 Å². The maximum absolute atomic E-state index is 4.24. The number of piperidine rings is 1. The van der Waals surface area contributed by atoms with Gasteiger partial charge in [0.05, 0.1) is 0 Å². The maximum atomic E-state index is 4.24. The second-order valence-electron chi connectivity index (χ2n) is 4.64. The molecule has 1 nitrogen and oxygen atoms in total. The van der Waals surface area contributed by atoms with Crippen molar-refractivity contribution in [1.29, 1.82) is 0 Å². The van der Waals surface area contributed by atoms with Crippen LogP contribution >= 0.6 is 12.6 Å². The highest BCUT2D eigenvalue weighted by atomic mass is 32.1. The van der Waals surface area contributed by atoms with Crippen LogP contribution in [0.4, 0.5) is 0 Å². The van der Waals surface area contributed by atoms with E-state index in [2.05, 4.69) is 31.4 Å². The standard InChI is InChI=1S/C11H23NS/c1-10-7-11(2)9-12(8-10)5-3-4-6-13/h10-11,13H,3-9H2,1-2H3. The third-order valence-corrected chi connectivity index (χ3v) is 3.14. The van der Waals surface area contributed by atoms with Crippen LogP contribution in [0.1, 0.15) is 33.1 Å². The lowest BCUT2D eigenvalue weighted by atomic mass is 9.92. The van der Waals surface area contributed by atoms with Crippen LogP contribution in [0.2, 0.25) is 0 Å². The Morgan fingerprint density at radius 2 is 1.77 bits per heavy atom. The number of rotatable bonds is 4. The van der Waals surface area contributed by atoms with Gasteiger partial charge >= 0.3 is 0 Å². The lowest BCUT2D eigenvalue weighted by Crippen LogP contribution is -2.39. The monoisotopic (exact) mass is 201 g/mol. The van der Waals surface area contributed by atoms with E-state index in [4.69, 9.17) is 0 Å². The van der Waals surface area contributed by atoms with Crippen molar-refractivity contribution in [3.63, 3.8) is 0 Å². The fourth-order valence-electron chi connectivity index (χ4n) is 2.42. The van der Waals surface area contributed by atoms with Gasteiger partial charge in [-0.05, 0) is 43.4 Å². The Bertz CT molecular complexity index is 128. The van der Waals surface area contributed by atoms with Gasteiger partial charge in [-0.3, -0.25) is 0 Å². The van der Waals surface area contributed by atoms with Crippen molar-refractivity contribution in [3.05, 3.63) is 0 Å². The highest BCUT2D eigenvalue weighted by molar-refractivity contribution is 7.80. The molecular weight excluding hydrogens is 178 g/mol. The van der Waals surface area contributed by atoms with Crippen LogP contribution in [0.3, 0.4) is 0 Å². The third kappa shape index (κ3) is 4.37. The number of hydrogen-bond acceptors (Lipinski definition) is 2. The molecule has 1 saturated heterocycles. The lowest BCUT2D eigenvalue weighted by molar-refractivity contribution is 0.139. The average molecular weight is 201 g/mol. The molecule has 2 heteroatoms. The van der Waals surface area contributed by atoms with Gasteiger partial charge in [0.25, 0.3) is 0 Å². The molecular formula is C11H23NS. The smallest absolute Gasteiger partial charge is 0.000724 e. The van der Waals surface area contributed by atoms with Crippen LogP contribution in [-0.4, -0.2) is 30.3 Å². The molecule has 1 aliphatic heterocycles. The van der Waals surface area contributed by atoms with E-state index in [1.165, 1.54) is 38.9 Å².